The molecule has 0 saturated carbocycles. The first-order chi connectivity index (χ1) is 7.63. The van der Waals surface area contributed by atoms with Crippen molar-refractivity contribution in [1.29, 1.82) is 0 Å². The van der Waals surface area contributed by atoms with E-state index < -0.39 is 0 Å². The van der Waals surface area contributed by atoms with Crippen LogP contribution < -0.4 is 5.73 Å². The van der Waals surface area contributed by atoms with Gasteiger partial charge in [0.25, 0.3) is 0 Å². The van der Waals surface area contributed by atoms with Crippen LogP contribution in [0.5, 0.6) is 0 Å². The Labute approximate surface area is 101 Å². The molecule has 0 aliphatic rings. The molecule has 2 N–H and O–H groups in total. The van der Waals surface area contributed by atoms with E-state index in [1.54, 1.807) is 11.3 Å². The second-order valence-corrected chi connectivity index (χ2v) is 5.02. The quantitative estimate of drug-likeness (QED) is 0.825. The van der Waals surface area contributed by atoms with Gasteiger partial charge in [0.15, 0.2) is 0 Å². The van der Waals surface area contributed by atoms with E-state index in [9.17, 15) is 4.79 Å². The lowest BCUT2D eigenvalue weighted by molar-refractivity contribution is -0.131. The minimum atomic E-state index is -0.0525. The van der Waals surface area contributed by atoms with Crippen LogP contribution in [0.2, 0.25) is 0 Å². The van der Waals surface area contributed by atoms with Crippen LogP contribution in [0.3, 0.4) is 0 Å². The van der Waals surface area contributed by atoms with Gasteiger partial charge in [-0.2, -0.15) is 0 Å². The SMILES string of the molecule is CCN(CCc1cccs1)C(=O)CC(C)N. The Bertz CT molecular complexity index is 309. The van der Waals surface area contributed by atoms with Crippen molar-refractivity contribution in [1.82, 2.24) is 4.90 Å². The molecule has 1 aromatic rings. The van der Waals surface area contributed by atoms with E-state index in [2.05, 4.69) is 11.4 Å². The number of amides is 1. The largest absolute Gasteiger partial charge is 0.343 e. The third-order valence-electron chi connectivity index (χ3n) is 2.44. The molecule has 0 spiro atoms. The molecule has 4 heteroatoms. The molecule has 0 fully saturated rings. The smallest absolute Gasteiger partial charge is 0.224 e. The van der Waals surface area contributed by atoms with Crippen LogP contribution in [-0.4, -0.2) is 29.9 Å². The van der Waals surface area contributed by atoms with Crippen LogP contribution in [0.1, 0.15) is 25.1 Å². The van der Waals surface area contributed by atoms with Gasteiger partial charge in [-0.15, -0.1) is 11.3 Å². The number of carbonyl (C=O) groups excluding carboxylic acids is 1. The van der Waals surface area contributed by atoms with Crippen molar-refractivity contribution >= 4 is 17.2 Å². The number of nitrogens with zero attached hydrogens (tertiary/aromatic N) is 1. The standard InChI is InChI=1S/C12H20N2OS/c1-3-14(12(15)9-10(2)13)7-6-11-5-4-8-16-11/h4-5,8,10H,3,6-7,9,13H2,1-2H3. The molecular formula is C12H20N2OS. The zero-order chi connectivity index (χ0) is 12.0. The number of hydrogen-bond donors (Lipinski definition) is 1. The molecule has 90 valence electrons. The van der Waals surface area contributed by atoms with Gasteiger partial charge in [-0.05, 0) is 31.7 Å². The maximum Gasteiger partial charge on any atom is 0.224 e. The maximum atomic E-state index is 11.8. The van der Waals surface area contributed by atoms with Crippen LogP contribution in [0.4, 0.5) is 0 Å². The molecule has 1 rings (SSSR count). The summed E-state index contributed by atoms with van der Waals surface area (Å²) < 4.78 is 0. The molecule has 1 aromatic heterocycles. The monoisotopic (exact) mass is 240 g/mol. The van der Waals surface area contributed by atoms with E-state index in [1.807, 2.05) is 24.8 Å². The number of rotatable bonds is 6. The van der Waals surface area contributed by atoms with Crippen molar-refractivity contribution in [3.05, 3.63) is 22.4 Å². The lowest BCUT2D eigenvalue weighted by Gasteiger charge is -2.21. The molecule has 0 radical (unpaired) electrons. The zero-order valence-corrected chi connectivity index (χ0v) is 10.8. The summed E-state index contributed by atoms with van der Waals surface area (Å²) in [5.74, 6) is 0.161. The lowest BCUT2D eigenvalue weighted by atomic mass is 10.2. The third kappa shape index (κ3) is 4.33. The summed E-state index contributed by atoms with van der Waals surface area (Å²) in [6.45, 7) is 5.43. The minimum absolute atomic E-state index is 0.0525. The second-order valence-electron chi connectivity index (χ2n) is 3.98. The highest BCUT2D eigenvalue weighted by atomic mass is 32.1. The van der Waals surface area contributed by atoms with Gasteiger partial charge < -0.3 is 10.6 Å². The highest BCUT2D eigenvalue weighted by molar-refractivity contribution is 7.09. The predicted octanol–water partition coefficient (Wildman–Crippen LogP) is 1.88. The molecule has 1 heterocycles. The van der Waals surface area contributed by atoms with Gasteiger partial charge >= 0.3 is 0 Å². The molecule has 1 unspecified atom stereocenters. The summed E-state index contributed by atoms with van der Waals surface area (Å²) >= 11 is 1.74. The Kier molecular flexibility index (Phi) is 5.49. The fourth-order valence-corrected chi connectivity index (χ4v) is 2.26. The number of likely N-dealkylation sites (N-methyl/N-ethyl adjacent to an activating group) is 1. The highest BCUT2D eigenvalue weighted by Gasteiger charge is 2.13. The lowest BCUT2D eigenvalue weighted by Crippen LogP contribution is -2.36. The third-order valence-corrected chi connectivity index (χ3v) is 3.38. The fraction of sp³-hybridized carbons (Fsp3) is 0.583. The summed E-state index contributed by atoms with van der Waals surface area (Å²) in [4.78, 5) is 15.0. The van der Waals surface area contributed by atoms with Gasteiger partial charge in [-0.25, -0.2) is 0 Å². The molecule has 0 aromatic carbocycles. The van der Waals surface area contributed by atoms with Crippen LogP contribution in [0.15, 0.2) is 17.5 Å². The zero-order valence-electron chi connectivity index (χ0n) is 9.98. The summed E-state index contributed by atoms with van der Waals surface area (Å²) in [6.07, 6.45) is 1.38. The van der Waals surface area contributed by atoms with Gasteiger partial charge in [-0.3, -0.25) is 4.79 Å². The molecule has 16 heavy (non-hydrogen) atoms. The molecule has 0 bridgehead atoms. The first-order valence-corrected chi connectivity index (χ1v) is 6.57. The average molecular weight is 240 g/mol. The molecular weight excluding hydrogens is 220 g/mol. The number of thiophene rings is 1. The van der Waals surface area contributed by atoms with Crippen LogP contribution in [0.25, 0.3) is 0 Å². The fourth-order valence-electron chi connectivity index (χ4n) is 1.56. The molecule has 0 aliphatic carbocycles. The van der Waals surface area contributed by atoms with Gasteiger partial charge in [-0.1, -0.05) is 6.07 Å². The summed E-state index contributed by atoms with van der Waals surface area (Å²) in [5.41, 5.74) is 5.63. The van der Waals surface area contributed by atoms with Crippen molar-refractivity contribution in [3.8, 4) is 0 Å². The van der Waals surface area contributed by atoms with Gasteiger partial charge in [0, 0.05) is 30.4 Å². The number of carbonyl (C=O) groups is 1. The molecule has 1 atom stereocenters. The number of hydrogen-bond acceptors (Lipinski definition) is 3. The summed E-state index contributed by atoms with van der Waals surface area (Å²) in [7, 11) is 0. The van der Waals surface area contributed by atoms with Crippen molar-refractivity contribution < 1.29 is 4.79 Å². The van der Waals surface area contributed by atoms with Gasteiger partial charge in [0.2, 0.25) is 5.91 Å². The van der Waals surface area contributed by atoms with E-state index in [1.165, 1.54) is 4.88 Å². The second kappa shape index (κ2) is 6.66. The molecule has 1 amide bonds. The van der Waals surface area contributed by atoms with E-state index in [-0.39, 0.29) is 11.9 Å². The van der Waals surface area contributed by atoms with E-state index in [0.717, 1.165) is 19.5 Å². The van der Waals surface area contributed by atoms with Crippen LogP contribution in [0, 0.1) is 0 Å². The Morgan fingerprint density at radius 1 is 1.62 bits per heavy atom. The Morgan fingerprint density at radius 2 is 2.38 bits per heavy atom. The van der Waals surface area contributed by atoms with Crippen LogP contribution in [-0.2, 0) is 11.2 Å². The van der Waals surface area contributed by atoms with Crippen LogP contribution >= 0.6 is 11.3 Å². The first-order valence-electron chi connectivity index (χ1n) is 5.69. The van der Waals surface area contributed by atoms with Gasteiger partial charge in [0.1, 0.15) is 0 Å². The summed E-state index contributed by atoms with van der Waals surface area (Å²) in [6, 6.07) is 4.09. The molecule has 0 saturated heterocycles. The molecule has 0 aliphatic heterocycles. The van der Waals surface area contributed by atoms with E-state index in [0.29, 0.717) is 6.42 Å². The molecule has 3 nitrogen and oxygen atoms in total. The minimum Gasteiger partial charge on any atom is -0.343 e. The first kappa shape index (κ1) is 13.2. The average Bonchev–Trinajstić information content (AvgIpc) is 2.70. The number of nitrogens with two attached hydrogens (primary N) is 1. The van der Waals surface area contributed by atoms with Crippen molar-refractivity contribution in [2.75, 3.05) is 13.1 Å². The summed E-state index contributed by atoms with van der Waals surface area (Å²) in [5, 5.41) is 2.06. The van der Waals surface area contributed by atoms with Crippen molar-refractivity contribution in [2.24, 2.45) is 5.73 Å². The van der Waals surface area contributed by atoms with E-state index >= 15 is 0 Å². The highest BCUT2D eigenvalue weighted by Crippen LogP contribution is 2.10. The van der Waals surface area contributed by atoms with Crippen molar-refractivity contribution in [3.63, 3.8) is 0 Å². The maximum absolute atomic E-state index is 11.8. The Balaban J connectivity index is 2.39. The Hall–Kier alpha value is -0.870. The normalized spacial score (nSPS) is 12.4. The van der Waals surface area contributed by atoms with Gasteiger partial charge in [0.05, 0.1) is 0 Å². The van der Waals surface area contributed by atoms with E-state index in [4.69, 9.17) is 5.73 Å². The Morgan fingerprint density at radius 3 is 2.88 bits per heavy atom. The predicted molar refractivity (Wildman–Crippen MR) is 68.5 cm³/mol. The van der Waals surface area contributed by atoms with Crippen molar-refractivity contribution in [2.45, 2.75) is 32.7 Å². The topological polar surface area (TPSA) is 46.3 Å².